The lowest BCUT2D eigenvalue weighted by Gasteiger charge is -2.12. The van der Waals surface area contributed by atoms with Crippen molar-refractivity contribution in [1.82, 2.24) is 0 Å². The van der Waals surface area contributed by atoms with E-state index < -0.39 is 11.8 Å². The summed E-state index contributed by atoms with van der Waals surface area (Å²) < 4.78 is 0. The Morgan fingerprint density at radius 1 is 0.636 bits per heavy atom. The van der Waals surface area contributed by atoms with Crippen LogP contribution in [-0.4, -0.2) is 16.9 Å². The van der Waals surface area contributed by atoms with Crippen LogP contribution in [0.2, 0.25) is 20.1 Å². The molecule has 0 unspecified atom stereocenters. The SMILES string of the molecule is O=C(Nc1cc(Cl)c(Cl)cc1Cl)c1ccc(NC(=O)c2cc3ccccc3cc2O)c(Cl)c1. The predicted molar refractivity (Wildman–Crippen MR) is 134 cm³/mol. The molecule has 0 saturated carbocycles. The number of carbonyl (C=O) groups is 2. The summed E-state index contributed by atoms with van der Waals surface area (Å²) in [6, 6.07) is 17.7. The van der Waals surface area contributed by atoms with Gasteiger partial charge in [0, 0.05) is 5.56 Å². The van der Waals surface area contributed by atoms with E-state index in [4.69, 9.17) is 46.4 Å². The van der Waals surface area contributed by atoms with Crippen LogP contribution in [0.4, 0.5) is 11.4 Å². The Morgan fingerprint density at radius 2 is 1.24 bits per heavy atom. The van der Waals surface area contributed by atoms with Crippen LogP contribution in [-0.2, 0) is 0 Å². The van der Waals surface area contributed by atoms with Gasteiger partial charge < -0.3 is 15.7 Å². The first-order chi connectivity index (χ1) is 15.7. The second-order valence-electron chi connectivity index (χ2n) is 7.07. The molecule has 0 saturated heterocycles. The fraction of sp³-hybridized carbons (Fsp3) is 0. The van der Waals surface area contributed by atoms with Gasteiger partial charge in [-0.25, -0.2) is 0 Å². The van der Waals surface area contributed by atoms with Gasteiger partial charge >= 0.3 is 0 Å². The molecule has 3 N–H and O–H groups in total. The maximum atomic E-state index is 12.7. The van der Waals surface area contributed by atoms with E-state index in [1.54, 1.807) is 6.07 Å². The molecule has 5 nitrogen and oxygen atoms in total. The number of hydrogen-bond donors (Lipinski definition) is 3. The van der Waals surface area contributed by atoms with Gasteiger partial charge in [-0.15, -0.1) is 0 Å². The van der Waals surface area contributed by atoms with Crippen LogP contribution in [0.15, 0.2) is 66.7 Å². The van der Waals surface area contributed by atoms with E-state index in [9.17, 15) is 14.7 Å². The number of nitrogens with one attached hydrogen (secondary N) is 2. The van der Waals surface area contributed by atoms with E-state index >= 15 is 0 Å². The van der Waals surface area contributed by atoms with Gasteiger partial charge in [0.1, 0.15) is 5.75 Å². The third-order valence-electron chi connectivity index (χ3n) is 4.85. The number of aromatic hydroxyl groups is 1. The maximum absolute atomic E-state index is 12.7. The molecule has 0 bridgehead atoms. The van der Waals surface area contributed by atoms with Crippen LogP contribution in [0.5, 0.6) is 5.75 Å². The Morgan fingerprint density at radius 3 is 1.94 bits per heavy atom. The molecule has 0 fully saturated rings. The molecule has 0 atom stereocenters. The summed E-state index contributed by atoms with van der Waals surface area (Å²) in [5.41, 5.74) is 0.893. The molecule has 0 heterocycles. The summed E-state index contributed by atoms with van der Waals surface area (Å²) in [5.74, 6) is -1.18. The van der Waals surface area contributed by atoms with E-state index in [-0.39, 0.29) is 48.3 Å². The second-order valence-corrected chi connectivity index (χ2v) is 8.69. The smallest absolute Gasteiger partial charge is 0.259 e. The predicted octanol–water partition coefficient (Wildman–Crippen LogP) is 7.66. The molecule has 0 aromatic heterocycles. The standard InChI is InChI=1S/C24H14Cl4N2O3/c25-16-10-19(28)21(11-17(16)26)30-23(32)14-5-6-20(18(27)8-14)29-24(33)15-7-12-3-1-2-4-13(12)9-22(15)31/h1-11,31H,(H,29,33)(H,30,32). The number of fused-ring (bicyclic) bond motifs is 1. The minimum atomic E-state index is -0.542. The zero-order chi connectivity index (χ0) is 23.7. The number of benzene rings is 4. The summed E-state index contributed by atoms with van der Waals surface area (Å²) in [7, 11) is 0. The monoisotopic (exact) mass is 518 g/mol. The minimum Gasteiger partial charge on any atom is -0.507 e. The quantitative estimate of drug-likeness (QED) is 0.242. The topological polar surface area (TPSA) is 78.4 Å². The molecule has 0 aliphatic rings. The van der Waals surface area contributed by atoms with Crippen molar-refractivity contribution in [1.29, 1.82) is 0 Å². The van der Waals surface area contributed by atoms with Crippen molar-refractivity contribution in [2.24, 2.45) is 0 Å². The number of carbonyl (C=O) groups excluding carboxylic acids is 2. The zero-order valence-electron chi connectivity index (χ0n) is 16.6. The van der Waals surface area contributed by atoms with Crippen molar-refractivity contribution >= 4 is 80.4 Å². The van der Waals surface area contributed by atoms with Crippen molar-refractivity contribution in [3.8, 4) is 5.75 Å². The Bertz CT molecular complexity index is 1420. The van der Waals surface area contributed by atoms with Gasteiger partial charge in [0.15, 0.2) is 0 Å². The molecule has 4 aromatic rings. The second kappa shape index (κ2) is 9.49. The molecule has 4 rings (SSSR count). The molecule has 0 aliphatic carbocycles. The summed E-state index contributed by atoms with van der Waals surface area (Å²) in [6.45, 7) is 0. The van der Waals surface area contributed by atoms with Crippen LogP contribution in [0.1, 0.15) is 20.7 Å². The molecule has 0 radical (unpaired) electrons. The van der Waals surface area contributed by atoms with Crippen molar-refractivity contribution in [2.45, 2.75) is 0 Å². The largest absolute Gasteiger partial charge is 0.507 e. The first kappa shape index (κ1) is 23.2. The third kappa shape index (κ3) is 5.02. The number of phenolic OH excluding ortho intramolecular Hbond substituents is 1. The Hall–Kier alpha value is -2.96. The van der Waals surface area contributed by atoms with Crippen molar-refractivity contribution in [3.63, 3.8) is 0 Å². The molecule has 9 heteroatoms. The van der Waals surface area contributed by atoms with E-state index in [0.29, 0.717) is 0 Å². The average molecular weight is 520 g/mol. The lowest BCUT2D eigenvalue weighted by Crippen LogP contribution is -2.14. The molecule has 33 heavy (non-hydrogen) atoms. The van der Waals surface area contributed by atoms with Crippen molar-refractivity contribution in [3.05, 3.63) is 97.9 Å². The highest BCUT2D eigenvalue weighted by atomic mass is 35.5. The Kier molecular flexibility index (Phi) is 6.68. The highest BCUT2D eigenvalue weighted by molar-refractivity contribution is 6.44. The van der Waals surface area contributed by atoms with Gasteiger partial charge in [-0.3, -0.25) is 9.59 Å². The average Bonchev–Trinajstić information content (AvgIpc) is 2.78. The van der Waals surface area contributed by atoms with Crippen LogP contribution in [0.3, 0.4) is 0 Å². The van der Waals surface area contributed by atoms with Gasteiger partial charge in [-0.05, 0) is 53.2 Å². The van der Waals surface area contributed by atoms with Gasteiger partial charge in [-0.2, -0.15) is 0 Å². The Labute approximate surface area is 208 Å². The molecule has 166 valence electrons. The number of amides is 2. The van der Waals surface area contributed by atoms with Crippen LogP contribution in [0, 0.1) is 0 Å². The summed E-state index contributed by atoms with van der Waals surface area (Å²) in [4.78, 5) is 25.4. The number of halogens is 4. The van der Waals surface area contributed by atoms with E-state index in [2.05, 4.69) is 10.6 Å². The molecule has 0 spiro atoms. The van der Waals surface area contributed by atoms with Crippen LogP contribution < -0.4 is 10.6 Å². The highest BCUT2D eigenvalue weighted by Gasteiger charge is 2.16. The van der Waals surface area contributed by atoms with E-state index in [0.717, 1.165) is 10.8 Å². The maximum Gasteiger partial charge on any atom is 0.259 e. The normalized spacial score (nSPS) is 10.8. The molecule has 4 aromatic carbocycles. The fourth-order valence-corrected chi connectivity index (χ4v) is 3.99. The number of rotatable bonds is 4. The lowest BCUT2D eigenvalue weighted by atomic mass is 10.1. The van der Waals surface area contributed by atoms with Crippen molar-refractivity contribution in [2.75, 3.05) is 10.6 Å². The number of anilines is 2. The fourth-order valence-electron chi connectivity index (χ4n) is 3.17. The van der Waals surface area contributed by atoms with Crippen LogP contribution in [0.25, 0.3) is 10.8 Å². The van der Waals surface area contributed by atoms with Gasteiger partial charge in [-0.1, -0.05) is 70.7 Å². The van der Waals surface area contributed by atoms with E-state index in [1.807, 2.05) is 24.3 Å². The number of phenols is 1. The first-order valence-electron chi connectivity index (χ1n) is 9.51. The summed E-state index contributed by atoms with van der Waals surface area (Å²) in [5, 5.41) is 18.0. The number of hydrogen-bond acceptors (Lipinski definition) is 3. The van der Waals surface area contributed by atoms with Gasteiger partial charge in [0.05, 0.1) is 37.0 Å². The van der Waals surface area contributed by atoms with Crippen molar-refractivity contribution < 1.29 is 14.7 Å². The summed E-state index contributed by atoms with van der Waals surface area (Å²) in [6.07, 6.45) is 0. The van der Waals surface area contributed by atoms with Gasteiger partial charge in [0.25, 0.3) is 11.8 Å². The lowest BCUT2D eigenvalue weighted by molar-refractivity contribution is 0.101. The molecular formula is C24H14Cl4N2O3. The Balaban J connectivity index is 1.53. The molecule has 2 amide bonds. The zero-order valence-corrected chi connectivity index (χ0v) is 19.7. The summed E-state index contributed by atoms with van der Waals surface area (Å²) >= 11 is 24.3. The third-order valence-corrected chi connectivity index (χ3v) is 6.19. The molecular weight excluding hydrogens is 506 g/mol. The van der Waals surface area contributed by atoms with Crippen LogP contribution >= 0.6 is 46.4 Å². The van der Waals surface area contributed by atoms with E-state index in [1.165, 1.54) is 36.4 Å². The highest BCUT2D eigenvalue weighted by Crippen LogP contribution is 2.33. The molecule has 0 aliphatic heterocycles. The minimum absolute atomic E-state index is 0.0980. The van der Waals surface area contributed by atoms with Gasteiger partial charge in [0.2, 0.25) is 0 Å². The first-order valence-corrected chi connectivity index (χ1v) is 11.0.